The lowest BCUT2D eigenvalue weighted by Crippen LogP contribution is -2.36. The van der Waals surface area contributed by atoms with E-state index in [0.29, 0.717) is 11.4 Å². The summed E-state index contributed by atoms with van der Waals surface area (Å²) in [7, 11) is 1.87. The monoisotopic (exact) mass is 313 g/mol. The van der Waals surface area contributed by atoms with Crippen molar-refractivity contribution in [2.45, 2.75) is 25.3 Å². The Kier molecular flexibility index (Phi) is 4.55. The number of nitrogens with one attached hydrogen (secondary N) is 1. The summed E-state index contributed by atoms with van der Waals surface area (Å²) < 4.78 is 15.5. The molecule has 0 fully saturated rings. The van der Waals surface area contributed by atoms with Crippen molar-refractivity contribution in [3.63, 3.8) is 0 Å². The normalized spacial score (nSPS) is 18.6. The average molecular weight is 313 g/mol. The Bertz CT molecular complexity index is 723. The van der Waals surface area contributed by atoms with Gasteiger partial charge in [-0.25, -0.2) is 9.37 Å². The number of carbonyl (C=O) groups is 1. The first kappa shape index (κ1) is 15.5. The Hall–Kier alpha value is -2.43. The molecule has 0 saturated carbocycles. The third-order valence-electron chi connectivity index (χ3n) is 4.23. The quantitative estimate of drug-likeness (QED) is 0.882. The molecule has 1 N–H and O–H groups in total. The number of nitrogens with zero attached hydrogens (tertiary/aromatic N) is 2. The van der Waals surface area contributed by atoms with E-state index in [-0.39, 0.29) is 17.6 Å². The van der Waals surface area contributed by atoms with Gasteiger partial charge >= 0.3 is 0 Å². The van der Waals surface area contributed by atoms with Crippen LogP contribution in [-0.4, -0.2) is 15.5 Å². The van der Waals surface area contributed by atoms with Gasteiger partial charge in [0.15, 0.2) is 0 Å². The van der Waals surface area contributed by atoms with Gasteiger partial charge in [0.2, 0.25) is 5.91 Å². The highest BCUT2D eigenvalue weighted by molar-refractivity contribution is 5.79. The molecule has 120 valence electrons. The lowest BCUT2D eigenvalue weighted by molar-refractivity contribution is -0.125. The van der Waals surface area contributed by atoms with Gasteiger partial charge in [0, 0.05) is 25.4 Å². The Morgan fingerprint density at radius 1 is 1.43 bits per heavy atom. The summed E-state index contributed by atoms with van der Waals surface area (Å²) in [5.74, 6) is 0.329. The van der Waals surface area contributed by atoms with Crippen molar-refractivity contribution in [1.82, 2.24) is 14.9 Å². The van der Waals surface area contributed by atoms with Crippen molar-refractivity contribution in [2.24, 2.45) is 13.0 Å². The minimum absolute atomic E-state index is 0.00777. The van der Waals surface area contributed by atoms with Crippen molar-refractivity contribution in [1.29, 1.82) is 0 Å². The van der Waals surface area contributed by atoms with Gasteiger partial charge in [0.1, 0.15) is 17.7 Å². The molecule has 1 aromatic heterocycles. The standard InChI is InChI=1S/C18H20FN3O/c1-22-11-10-20-17(22)16(14-8-5-9-15(19)12-14)21-18(23)13-6-3-2-4-7-13/h2-3,5,8-13,16H,4,6-7H2,1H3,(H,21,23). The maximum atomic E-state index is 13.6. The lowest BCUT2D eigenvalue weighted by atomic mass is 9.93. The highest BCUT2D eigenvalue weighted by Gasteiger charge is 2.25. The summed E-state index contributed by atoms with van der Waals surface area (Å²) in [5, 5.41) is 3.05. The lowest BCUT2D eigenvalue weighted by Gasteiger charge is -2.23. The number of benzene rings is 1. The largest absolute Gasteiger partial charge is 0.342 e. The molecule has 1 aliphatic carbocycles. The summed E-state index contributed by atoms with van der Waals surface area (Å²) in [6.45, 7) is 0. The summed E-state index contributed by atoms with van der Waals surface area (Å²) in [6.07, 6.45) is 10.2. The maximum Gasteiger partial charge on any atom is 0.224 e. The van der Waals surface area contributed by atoms with Crippen LogP contribution in [0.5, 0.6) is 0 Å². The first-order valence-corrected chi connectivity index (χ1v) is 7.83. The zero-order chi connectivity index (χ0) is 16.2. The second-order valence-corrected chi connectivity index (χ2v) is 5.87. The first-order valence-electron chi connectivity index (χ1n) is 7.83. The molecular weight excluding hydrogens is 293 g/mol. The molecule has 1 amide bonds. The van der Waals surface area contributed by atoms with Crippen molar-refractivity contribution >= 4 is 5.91 Å². The number of rotatable bonds is 4. The zero-order valence-corrected chi connectivity index (χ0v) is 13.1. The van der Waals surface area contributed by atoms with E-state index in [0.717, 1.165) is 19.3 Å². The van der Waals surface area contributed by atoms with Crippen LogP contribution in [0.4, 0.5) is 4.39 Å². The number of hydrogen-bond acceptors (Lipinski definition) is 2. The second kappa shape index (κ2) is 6.77. The van der Waals surface area contributed by atoms with E-state index >= 15 is 0 Å². The fourth-order valence-corrected chi connectivity index (χ4v) is 2.93. The molecule has 2 unspecified atom stereocenters. The number of aryl methyl sites for hydroxylation is 1. The highest BCUT2D eigenvalue weighted by Crippen LogP contribution is 2.24. The van der Waals surface area contributed by atoms with Gasteiger partial charge in [-0.1, -0.05) is 24.3 Å². The van der Waals surface area contributed by atoms with Crippen LogP contribution in [0, 0.1) is 11.7 Å². The summed E-state index contributed by atoms with van der Waals surface area (Å²) in [4.78, 5) is 16.9. The van der Waals surface area contributed by atoms with Gasteiger partial charge in [0.25, 0.3) is 0 Å². The Morgan fingerprint density at radius 2 is 2.30 bits per heavy atom. The SMILES string of the molecule is Cn1ccnc1C(NC(=O)C1CC=CCC1)c1cccc(F)c1. The molecule has 23 heavy (non-hydrogen) atoms. The molecular formula is C18H20FN3O. The maximum absolute atomic E-state index is 13.6. The van der Waals surface area contributed by atoms with Gasteiger partial charge in [0.05, 0.1) is 0 Å². The fourth-order valence-electron chi connectivity index (χ4n) is 2.93. The molecule has 2 aromatic rings. The number of allylic oxidation sites excluding steroid dienone is 2. The Morgan fingerprint density at radius 3 is 2.96 bits per heavy atom. The molecule has 1 aliphatic rings. The summed E-state index contributed by atoms with van der Waals surface area (Å²) in [5.41, 5.74) is 0.694. The van der Waals surface area contributed by atoms with Crippen LogP contribution in [0.15, 0.2) is 48.8 Å². The van der Waals surface area contributed by atoms with Crippen LogP contribution in [-0.2, 0) is 11.8 Å². The number of hydrogen-bond donors (Lipinski definition) is 1. The van der Waals surface area contributed by atoms with E-state index in [1.54, 1.807) is 12.3 Å². The van der Waals surface area contributed by atoms with Crippen LogP contribution in [0.2, 0.25) is 0 Å². The first-order chi connectivity index (χ1) is 11.1. The third kappa shape index (κ3) is 3.50. The van der Waals surface area contributed by atoms with E-state index in [2.05, 4.69) is 16.4 Å². The molecule has 3 rings (SSSR count). The molecule has 5 heteroatoms. The zero-order valence-electron chi connectivity index (χ0n) is 13.1. The van der Waals surface area contributed by atoms with Gasteiger partial charge in [-0.05, 0) is 37.0 Å². The predicted octanol–water partition coefficient (Wildman–Crippen LogP) is 3.12. The molecule has 4 nitrogen and oxygen atoms in total. The van der Waals surface area contributed by atoms with E-state index in [9.17, 15) is 9.18 Å². The van der Waals surface area contributed by atoms with Crippen LogP contribution < -0.4 is 5.32 Å². The van der Waals surface area contributed by atoms with E-state index < -0.39 is 6.04 Å². The van der Waals surface area contributed by atoms with Crippen LogP contribution in [0.3, 0.4) is 0 Å². The highest BCUT2D eigenvalue weighted by atomic mass is 19.1. The fraction of sp³-hybridized carbons (Fsp3) is 0.333. The summed E-state index contributed by atoms with van der Waals surface area (Å²) >= 11 is 0. The number of halogens is 1. The molecule has 0 saturated heterocycles. The average Bonchev–Trinajstić information content (AvgIpc) is 2.99. The van der Waals surface area contributed by atoms with E-state index in [4.69, 9.17) is 0 Å². The molecule has 1 heterocycles. The molecule has 0 aliphatic heterocycles. The number of carbonyl (C=O) groups excluding carboxylic acids is 1. The predicted molar refractivity (Wildman–Crippen MR) is 86.1 cm³/mol. The number of imidazole rings is 1. The number of amides is 1. The Labute approximate surface area is 135 Å². The van der Waals surface area contributed by atoms with Gasteiger partial charge in [-0.15, -0.1) is 0 Å². The Balaban J connectivity index is 1.88. The van der Waals surface area contributed by atoms with Crippen molar-refractivity contribution < 1.29 is 9.18 Å². The topological polar surface area (TPSA) is 46.9 Å². The van der Waals surface area contributed by atoms with Gasteiger partial charge < -0.3 is 9.88 Å². The van der Waals surface area contributed by atoms with Gasteiger partial charge in [-0.3, -0.25) is 4.79 Å². The molecule has 0 spiro atoms. The van der Waals surface area contributed by atoms with Crippen molar-refractivity contribution in [3.8, 4) is 0 Å². The molecule has 1 aromatic carbocycles. The summed E-state index contributed by atoms with van der Waals surface area (Å²) in [6, 6.07) is 5.84. The second-order valence-electron chi connectivity index (χ2n) is 5.87. The van der Waals surface area contributed by atoms with Crippen molar-refractivity contribution in [3.05, 3.63) is 66.0 Å². The minimum Gasteiger partial charge on any atom is -0.342 e. The minimum atomic E-state index is -0.455. The smallest absolute Gasteiger partial charge is 0.224 e. The van der Waals surface area contributed by atoms with Crippen LogP contribution in [0.1, 0.15) is 36.7 Å². The van der Waals surface area contributed by atoms with Crippen LogP contribution >= 0.6 is 0 Å². The molecule has 0 bridgehead atoms. The van der Waals surface area contributed by atoms with E-state index in [1.807, 2.05) is 30.0 Å². The molecule has 0 radical (unpaired) electrons. The van der Waals surface area contributed by atoms with E-state index in [1.165, 1.54) is 12.1 Å². The van der Waals surface area contributed by atoms with Crippen LogP contribution in [0.25, 0.3) is 0 Å². The molecule has 2 atom stereocenters. The number of aromatic nitrogens is 2. The third-order valence-corrected chi connectivity index (χ3v) is 4.23. The van der Waals surface area contributed by atoms with Gasteiger partial charge in [-0.2, -0.15) is 0 Å². The van der Waals surface area contributed by atoms with Crippen molar-refractivity contribution in [2.75, 3.05) is 0 Å².